The quantitative estimate of drug-likeness (QED) is 0.218. The highest BCUT2D eigenvalue weighted by atomic mass is 35.5. The molecule has 0 heterocycles. The number of anilines is 2. The van der Waals surface area contributed by atoms with Crippen molar-refractivity contribution in [2.75, 3.05) is 17.1 Å². The maximum atomic E-state index is 12.9. The van der Waals surface area contributed by atoms with Crippen LogP contribution in [0.25, 0.3) is 0 Å². The van der Waals surface area contributed by atoms with Gasteiger partial charge in [-0.3, -0.25) is 14.3 Å². The number of carboxylic acids is 2. The second kappa shape index (κ2) is 11.1. The smallest absolute Gasteiger partial charge is 0.335 e. The Kier molecular flexibility index (Phi) is 8.15. The summed E-state index contributed by atoms with van der Waals surface area (Å²) in [4.78, 5) is 47.0. The summed E-state index contributed by atoms with van der Waals surface area (Å²) < 4.78 is 33.0. The van der Waals surface area contributed by atoms with E-state index in [2.05, 4.69) is 10.0 Å². The molecule has 4 N–H and O–H groups in total. The van der Waals surface area contributed by atoms with Gasteiger partial charge in [-0.1, -0.05) is 23.7 Å². The second-order valence-electron chi connectivity index (χ2n) is 7.50. The number of para-hydroxylation sites is 1. The van der Waals surface area contributed by atoms with Crippen molar-refractivity contribution in [3.63, 3.8) is 0 Å². The van der Waals surface area contributed by atoms with Crippen molar-refractivity contribution in [3.05, 3.63) is 82.4 Å². The molecule has 0 fully saturated rings. The van der Waals surface area contributed by atoms with Gasteiger partial charge in [0.2, 0.25) is 5.91 Å². The first-order valence-electron chi connectivity index (χ1n) is 10.3. The minimum Gasteiger partial charge on any atom is -0.496 e. The molecule has 11 nitrogen and oxygen atoms in total. The SMILES string of the molecule is COc1ccccc1C(=O)CC(=O)Nc1cc(NS(=O)(=O)c2cc(C(=O)O)cc(C(=O)O)c2)ccc1Cl. The summed E-state index contributed by atoms with van der Waals surface area (Å²) in [5, 5.41) is 20.9. The molecule has 0 aliphatic carbocycles. The average Bonchev–Trinajstić information content (AvgIpc) is 2.85. The highest BCUT2D eigenvalue weighted by Crippen LogP contribution is 2.28. The van der Waals surface area contributed by atoms with Crippen LogP contribution in [-0.2, 0) is 14.8 Å². The number of halogens is 1. The van der Waals surface area contributed by atoms with Crippen LogP contribution >= 0.6 is 11.6 Å². The number of benzene rings is 3. The van der Waals surface area contributed by atoms with Crippen molar-refractivity contribution in [2.24, 2.45) is 0 Å². The molecule has 3 aromatic carbocycles. The van der Waals surface area contributed by atoms with Crippen molar-refractivity contribution in [1.82, 2.24) is 0 Å². The number of carbonyl (C=O) groups excluding carboxylic acids is 2. The van der Waals surface area contributed by atoms with E-state index in [-0.39, 0.29) is 22.0 Å². The second-order valence-corrected chi connectivity index (χ2v) is 9.59. The van der Waals surface area contributed by atoms with Crippen LogP contribution in [-0.4, -0.2) is 49.4 Å². The Morgan fingerprint density at radius 1 is 0.919 bits per heavy atom. The van der Waals surface area contributed by atoms with Gasteiger partial charge in [-0.25, -0.2) is 18.0 Å². The van der Waals surface area contributed by atoms with E-state index in [1.54, 1.807) is 18.2 Å². The van der Waals surface area contributed by atoms with Gasteiger partial charge >= 0.3 is 11.9 Å². The molecule has 37 heavy (non-hydrogen) atoms. The Labute approximate surface area is 215 Å². The topological polar surface area (TPSA) is 176 Å². The minimum atomic E-state index is -4.45. The normalized spacial score (nSPS) is 10.9. The first kappa shape index (κ1) is 27.2. The van der Waals surface area contributed by atoms with Gasteiger partial charge in [-0.05, 0) is 48.5 Å². The molecule has 1 amide bonds. The van der Waals surface area contributed by atoms with Crippen LogP contribution < -0.4 is 14.8 Å². The van der Waals surface area contributed by atoms with E-state index < -0.39 is 56.1 Å². The molecule has 13 heteroatoms. The zero-order valence-corrected chi connectivity index (χ0v) is 20.6. The first-order valence-corrected chi connectivity index (χ1v) is 12.2. The number of methoxy groups -OCH3 is 1. The Morgan fingerprint density at radius 3 is 2.14 bits per heavy atom. The van der Waals surface area contributed by atoms with Crippen LogP contribution in [0.1, 0.15) is 37.5 Å². The Balaban J connectivity index is 1.82. The van der Waals surface area contributed by atoms with E-state index in [0.29, 0.717) is 5.75 Å². The van der Waals surface area contributed by atoms with E-state index in [1.807, 2.05) is 0 Å². The molecule has 0 radical (unpaired) electrons. The van der Waals surface area contributed by atoms with Gasteiger partial charge in [0.15, 0.2) is 5.78 Å². The predicted molar refractivity (Wildman–Crippen MR) is 133 cm³/mol. The summed E-state index contributed by atoms with van der Waals surface area (Å²) in [6.07, 6.45) is -0.549. The molecule has 3 aromatic rings. The monoisotopic (exact) mass is 546 g/mol. The summed E-state index contributed by atoms with van der Waals surface area (Å²) in [5.41, 5.74) is -0.955. The number of Topliss-reactive ketones (excluding diaryl/α,β-unsaturated/α-hetero) is 1. The van der Waals surface area contributed by atoms with E-state index in [9.17, 15) is 37.8 Å². The molecule has 0 unspecified atom stereocenters. The zero-order valence-electron chi connectivity index (χ0n) is 19.0. The predicted octanol–water partition coefficient (Wildman–Crippen LogP) is 3.76. The van der Waals surface area contributed by atoms with Crippen molar-refractivity contribution >= 4 is 56.6 Å². The third kappa shape index (κ3) is 6.63. The number of ether oxygens (including phenoxy) is 1. The molecule has 0 spiro atoms. The van der Waals surface area contributed by atoms with Gasteiger partial charge in [-0.15, -0.1) is 0 Å². The molecular weight excluding hydrogens is 528 g/mol. The van der Waals surface area contributed by atoms with Gasteiger partial charge in [0.05, 0.1) is 51.5 Å². The molecule has 0 atom stereocenters. The van der Waals surface area contributed by atoms with Crippen molar-refractivity contribution in [1.29, 1.82) is 0 Å². The fourth-order valence-electron chi connectivity index (χ4n) is 3.21. The fourth-order valence-corrected chi connectivity index (χ4v) is 4.49. The van der Waals surface area contributed by atoms with E-state index >= 15 is 0 Å². The maximum Gasteiger partial charge on any atom is 0.335 e. The zero-order chi connectivity index (χ0) is 27.3. The number of amides is 1. The fraction of sp³-hybridized carbons (Fsp3) is 0.0833. The summed E-state index contributed by atoms with van der Waals surface area (Å²) in [7, 11) is -3.06. The van der Waals surface area contributed by atoms with Gasteiger partial charge in [0.1, 0.15) is 5.75 Å². The molecular formula is C24H19ClN2O9S. The molecule has 0 saturated heterocycles. The lowest BCUT2D eigenvalue weighted by Crippen LogP contribution is -2.18. The van der Waals surface area contributed by atoms with Crippen LogP contribution in [0.5, 0.6) is 5.75 Å². The number of rotatable bonds is 10. The molecule has 0 saturated carbocycles. The van der Waals surface area contributed by atoms with Crippen molar-refractivity contribution < 1.29 is 42.5 Å². The lowest BCUT2D eigenvalue weighted by molar-refractivity contribution is -0.115. The van der Waals surface area contributed by atoms with Crippen molar-refractivity contribution in [2.45, 2.75) is 11.3 Å². The van der Waals surface area contributed by atoms with E-state index in [1.165, 1.54) is 31.4 Å². The number of sulfonamides is 1. The Morgan fingerprint density at radius 2 is 1.54 bits per heavy atom. The van der Waals surface area contributed by atoms with Crippen LogP contribution in [0, 0.1) is 0 Å². The first-order chi connectivity index (χ1) is 17.4. The number of hydrogen-bond donors (Lipinski definition) is 4. The van der Waals surface area contributed by atoms with E-state index in [4.69, 9.17) is 16.3 Å². The van der Waals surface area contributed by atoms with Gasteiger partial charge < -0.3 is 20.3 Å². The average molecular weight is 547 g/mol. The van der Waals surface area contributed by atoms with Crippen LogP contribution in [0.3, 0.4) is 0 Å². The lowest BCUT2D eigenvalue weighted by atomic mass is 10.1. The highest BCUT2D eigenvalue weighted by Gasteiger charge is 2.21. The van der Waals surface area contributed by atoms with Crippen LogP contribution in [0.2, 0.25) is 5.02 Å². The van der Waals surface area contributed by atoms with Gasteiger partial charge in [0, 0.05) is 0 Å². The summed E-state index contributed by atoms with van der Waals surface area (Å²) in [6.45, 7) is 0. The number of nitrogens with one attached hydrogen (secondary N) is 2. The van der Waals surface area contributed by atoms with Crippen molar-refractivity contribution in [3.8, 4) is 5.75 Å². The Hall–Kier alpha value is -4.42. The maximum absolute atomic E-state index is 12.9. The lowest BCUT2D eigenvalue weighted by Gasteiger charge is -2.13. The number of ketones is 1. The molecule has 0 bridgehead atoms. The van der Waals surface area contributed by atoms with Gasteiger partial charge in [0.25, 0.3) is 10.0 Å². The molecule has 0 aliphatic heterocycles. The molecule has 0 aliphatic rings. The Bertz CT molecular complexity index is 1490. The minimum absolute atomic E-state index is 0.00907. The van der Waals surface area contributed by atoms with E-state index in [0.717, 1.165) is 18.2 Å². The molecule has 192 valence electrons. The van der Waals surface area contributed by atoms with Crippen LogP contribution in [0.4, 0.5) is 11.4 Å². The number of hydrogen-bond acceptors (Lipinski definition) is 7. The van der Waals surface area contributed by atoms with Crippen LogP contribution in [0.15, 0.2) is 65.6 Å². The number of carboxylic acid groups (broad SMARTS) is 2. The summed E-state index contributed by atoms with van der Waals surface area (Å²) >= 11 is 6.11. The summed E-state index contributed by atoms with van der Waals surface area (Å²) in [5.74, 6) is -3.97. The third-order valence-electron chi connectivity index (χ3n) is 4.93. The number of carbonyl (C=O) groups is 4. The highest BCUT2D eigenvalue weighted by molar-refractivity contribution is 7.92. The largest absolute Gasteiger partial charge is 0.496 e. The van der Waals surface area contributed by atoms with Gasteiger partial charge in [-0.2, -0.15) is 0 Å². The standard InChI is InChI=1S/C24H19ClN2O9S/c1-36-21-5-3-2-4-17(21)20(28)12-22(29)26-19-11-15(6-7-18(19)25)27-37(34,35)16-9-13(23(30)31)8-14(10-16)24(32)33/h2-11,27H,12H2,1H3,(H,26,29)(H,30,31)(H,32,33). The molecule has 3 rings (SSSR count). The molecule has 0 aromatic heterocycles. The summed E-state index contributed by atoms with van der Waals surface area (Å²) in [6, 6.07) is 12.5. The number of aromatic carboxylic acids is 2. The third-order valence-corrected chi connectivity index (χ3v) is 6.62.